The molecular formula is C17H22N2O4. The minimum atomic E-state index is -0.989. The molecule has 1 aliphatic rings. The van der Waals surface area contributed by atoms with E-state index >= 15 is 0 Å². The molecule has 1 fully saturated rings. The summed E-state index contributed by atoms with van der Waals surface area (Å²) in [4.78, 5) is 34.0. The monoisotopic (exact) mass is 318 g/mol. The van der Waals surface area contributed by atoms with Gasteiger partial charge in [0.1, 0.15) is 0 Å². The van der Waals surface area contributed by atoms with Crippen molar-refractivity contribution >= 4 is 23.5 Å². The Balaban J connectivity index is 1.83. The van der Waals surface area contributed by atoms with Crippen LogP contribution in [0.25, 0.3) is 0 Å². The Morgan fingerprint density at radius 3 is 2.57 bits per heavy atom. The molecule has 0 spiro atoms. The number of benzene rings is 1. The van der Waals surface area contributed by atoms with Crippen LogP contribution in [0.5, 0.6) is 0 Å². The second kappa shape index (κ2) is 8.31. The lowest BCUT2D eigenvalue weighted by molar-refractivity contribution is -0.138. The van der Waals surface area contributed by atoms with Gasteiger partial charge in [-0.25, -0.2) is 0 Å². The number of rotatable bonds is 7. The number of carbonyl (C=O) groups excluding carboxylic acids is 2. The topological polar surface area (TPSA) is 95.5 Å². The van der Waals surface area contributed by atoms with Gasteiger partial charge in [0.15, 0.2) is 0 Å². The van der Waals surface area contributed by atoms with Gasteiger partial charge in [-0.1, -0.05) is 25.0 Å². The molecule has 2 rings (SSSR count). The Kier molecular flexibility index (Phi) is 6.14. The molecule has 0 saturated heterocycles. The Labute approximate surface area is 135 Å². The molecule has 0 unspecified atom stereocenters. The van der Waals surface area contributed by atoms with E-state index in [2.05, 4.69) is 10.6 Å². The maximum absolute atomic E-state index is 12.1. The highest BCUT2D eigenvalue weighted by Crippen LogP contribution is 2.26. The fraction of sp³-hybridized carbons (Fsp3) is 0.471. The number of hydrogen-bond donors (Lipinski definition) is 3. The molecule has 0 radical (unpaired) electrons. The molecular weight excluding hydrogens is 296 g/mol. The normalized spacial score (nSPS) is 14.4. The summed E-state index contributed by atoms with van der Waals surface area (Å²) in [5.74, 6) is -1.12. The van der Waals surface area contributed by atoms with Crippen LogP contribution in [-0.4, -0.2) is 22.9 Å². The molecule has 6 nitrogen and oxygen atoms in total. The molecule has 0 aliphatic heterocycles. The molecule has 23 heavy (non-hydrogen) atoms. The third-order valence-corrected chi connectivity index (χ3v) is 3.98. The molecule has 1 aromatic carbocycles. The fourth-order valence-corrected chi connectivity index (χ4v) is 2.70. The Morgan fingerprint density at radius 2 is 1.87 bits per heavy atom. The first kappa shape index (κ1) is 17.0. The maximum Gasteiger partial charge on any atom is 0.303 e. The van der Waals surface area contributed by atoms with Gasteiger partial charge in [0.25, 0.3) is 0 Å². The molecule has 0 atom stereocenters. The molecule has 0 aromatic heterocycles. The van der Waals surface area contributed by atoms with Crippen molar-refractivity contribution < 1.29 is 19.5 Å². The molecule has 1 saturated carbocycles. The number of nitrogens with one attached hydrogen (secondary N) is 2. The molecule has 0 bridgehead atoms. The molecule has 6 heteroatoms. The van der Waals surface area contributed by atoms with Crippen molar-refractivity contribution in [1.82, 2.24) is 5.32 Å². The van der Waals surface area contributed by atoms with Crippen LogP contribution >= 0.6 is 0 Å². The van der Waals surface area contributed by atoms with Crippen LogP contribution in [-0.2, 0) is 20.9 Å². The maximum atomic E-state index is 12.1. The van der Waals surface area contributed by atoms with Gasteiger partial charge in [0.05, 0.1) is 6.42 Å². The van der Waals surface area contributed by atoms with E-state index in [0.29, 0.717) is 6.54 Å². The first-order valence-corrected chi connectivity index (χ1v) is 7.93. The van der Waals surface area contributed by atoms with Crippen molar-refractivity contribution in [2.75, 3.05) is 5.32 Å². The van der Waals surface area contributed by atoms with Crippen LogP contribution < -0.4 is 10.6 Å². The summed E-state index contributed by atoms with van der Waals surface area (Å²) in [6, 6.07) is 7.32. The van der Waals surface area contributed by atoms with Crippen LogP contribution in [0.15, 0.2) is 24.3 Å². The van der Waals surface area contributed by atoms with E-state index in [1.54, 1.807) is 0 Å². The van der Waals surface area contributed by atoms with Crippen LogP contribution in [0.4, 0.5) is 5.69 Å². The Morgan fingerprint density at radius 1 is 1.13 bits per heavy atom. The van der Waals surface area contributed by atoms with Crippen molar-refractivity contribution in [2.24, 2.45) is 5.92 Å². The first-order valence-electron chi connectivity index (χ1n) is 7.93. The van der Waals surface area contributed by atoms with Gasteiger partial charge >= 0.3 is 5.97 Å². The van der Waals surface area contributed by atoms with Crippen LogP contribution in [0.3, 0.4) is 0 Å². The molecule has 1 aromatic rings. The van der Waals surface area contributed by atoms with Crippen LogP contribution in [0, 0.1) is 5.92 Å². The van der Waals surface area contributed by atoms with Crippen molar-refractivity contribution in [1.29, 1.82) is 0 Å². The zero-order valence-electron chi connectivity index (χ0n) is 13.0. The molecule has 1 aliphatic carbocycles. The third kappa shape index (κ3) is 5.73. The van der Waals surface area contributed by atoms with Crippen molar-refractivity contribution in [3.8, 4) is 0 Å². The average Bonchev–Trinajstić information content (AvgIpc) is 3.06. The van der Waals surface area contributed by atoms with Gasteiger partial charge in [-0.15, -0.1) is 0 Å². The average molecular weight is 318 g/mol. The summed E-state index contributed by atoms with van der Waals surface area (Å²) in [5, 5.41) is 14.1. The lowest BCUT2D eigenvalue weighted by atomic mass is 10.1. The highest BCUT2D eigenvalue weighted by atomic mass is 16.4. The summed E-state index contributed by atoms with van der Waals surface area (Å²) in [7, 11) is 0. The van der Waals surface area contributed by atoms with Crippen molar-refractivity contribution in [3.63, 3.8) is 0 Å². The second-order valence-corrected chi connectivity index (χ2v) is 5.84. The predicted molar refractivity (Wildman–Crippen MR) is 85.7 cm³/mol. The SMILES string of the molecule is O=C(O)CCC(=O)NCc1cccc(NC(=O)C2CCCC2)c1. The summed E-state index contributed by atoms with van der Waals surface area (Å²) < 4.78 is 0. The minimum Gasteiger partial charge on any atom is -0.481 e. The zero-order chi connectivity index (χ0) is 16.7. The van der Waals surface area contributed by atoms with Crippen LogP contribution in [0.2, 0.25) is 0 Å². The van der Waals surface area contributed by atoms with Crippen molar-refractivity contribution in [2.45, 2.75) is 45.1 Å². The second-order valence-electron chi connectivity index (χ2n) is 5.84. The number of aliphatic carboxylic acids is 1. The largest absolute Gasteiger partial charge is 0.481 e. The van der Waals surface area contributed by atoms with Crippen LogP contribution in [0.1, 0.15) is 44.1 Å². The lowest BCUT2D eigenvalue weighted by Crippen LogP contribution is -2.23. The van der Waals surface area contributed by atoms with Gasteiger partial charge in [-0.05, 0) is 30.5 Å². The smallest absolute Gasteiger partial charge is 0.303 e. The van der Waals surface area contributed by atoms with Gasteiger partial charge in [-0.3, -0.25) is 14.4 Å². The van der Waals surface area contributed by atoms with E-state index in [9.17, 15) is 14.4 Å². The standard InChI is InChI=1S/C17H22N2O4/c20-15(8-9-16(21)22)18-11-12-4-3-7-14(10-12)19-17(23)13-5-1-2-6-13/h3-4,7,10,13H,1-2,5-6,8-9,11H2,(H,18,20)(H,19,23)(H,21,22). The van der Waals surface area contributed by atoms with E-state index < -0.39 is 5.97 Å². The predicted octanol–water partition coefficient (Wildman–Crippen LogP) is 2.30. The van der Waals surface area contributed by atoms with Gasteiger partial charge < -0.3 is 15.7 Å². The summed E-state index contributed by atoms with van der Waals surface area (Å²) in [6.07, 6.45) is 3.91. The number of carboxylic acids is 1. The quantitative estimate of drug-likeness (QED) is 0.719. The number of anilines is 1. The van der Waals surface area contributed by atoms with E-state index in [-0.39, 0.29) is 30.6 Å². The zero-order valence-corrected chi connectivity index (χ0v) is 13.0. The Hall–Kier alpha value is -2.37. The summed E-state index contributed by atoms with van der Waals surface area (Å²) >= 11 is 0. The third-order valence-electron chi connectivity index (χ3n) is 3.98. The van der Waals surface area contributed by atoms with E-state index in [1.165, 1.54) is 0 Å². The summed E-state index contributed by atoms with van der Waals surface area (Å²) in [5.41, 5.74) is 1.58. The first-order chi connectivity index (χ1) is 11.0. The highest BCUT2D eigenvalue weighted by Gasteiger charge is 2.22. The molecule has 3 N–H and O–H groups in total. The number of carboxylic acid groups (broad SMARTS) is 1. The van der Waals surface area contributed by atoms with E-state index in [4.69, 9.17) is 5.11 Å². The molecule has 124 valence electrons. The van der Waals surface area contributed by atoms with E-state index in [1.807, 2.05) is 24.3 Å². The molecule has 2 amide bonds. The van der Waals surface area contributed by atoms with Gasteiger partial charge in [0.2, 0.25) is 11.8 Å². The van der Waals surface area contributed by atoms with E-state index in [0.717, 1.165) is 36.9 Å². The van der Waals surface area contributed by atoms with Gasteiger partial charge in [0, 0.05) is 24.6 Å². The van der Waals surface area contributed by atoms with Crippen molar-refractivity contribution in [3.05, 3.63) is 29.8 Å². The van der Waals surface area contributed by atoms with Gasteiger partial charge in [-0.2, -0.15) is 0 Å². The number of carbonyl (C=O) groups is 3. The minimum absolute atomic E-state index is 0.0343. The summed E-state index contributed by atoms with van der Waals surface area (Å²) in [6.45, 7) is 0.311. The number of amides is 2. The molecule has 0 heterocycles. The lowest BCUT2D eigenvalue weighted by Gasteiger charge is -2.11. The fourth-order valence-electron chi connectivity index (χ4n) is 2.70. The Bertz CT molecular complexity index is 580. The highest BCUT2D eigenvalue weighted by molar-refractivity contribution is 5.92. The number of hydrogen-bond acceptors (Lipinski definition) is 3.